The number of aliphatic hydroxyl groups excluding tert-OH is 1. The fourth-order valence-electron chi connectivity index (χ4n) is 6.55. The number of benzene rings is 4. The Morgan fingerprint density at radius 3 is 2.13 bits per heavy atom. The van der Waals surface area contributed by atoms with E-state index in [1.54, 1.807) is 20.8 Å². The van der Waals surface area contributed by atoms with Crippen molar-refractivity contribution >= 4 is 48.9 Å². The molecule has 0 unspecified atom stereocenters. The summed E-state index contributed by atoms with van der Waals surface area (Å²) in [5, 5.41) is 13.1. The quantitative estimate of drug-likeness (QED) is 0.0616. The van der Waals surface area contributed by atoms with E-state index in [-0.39, 0.29) is 49.5 Å². The number of carbonyl (C=O) groups is 1. The summed E-state index contributed by atoms with van der Waals surface area (Å²) in [6.45, 7) is 15.7. The molecule has 1 radical (unpaired) electrons. The first-order valence-corrected chi connectivity index (χ1v) is 17.8. The molecule has 0 saturated carbocycles. The second kappa shape index (κ2) is 15.9. The zero-order chi connectivity index (χ0) is 39.2. The van der Waals surface area contributed by atoms with Crippen LogP contribution < -0.4 is 4.57 Å². The van der Waals surface area contributed by atoms with Crippen molar-refractivity contribution in [3.8, 4) is 21.7 Å². The van der Waals surface area contributed by atoms with Crippen molar-refractivity contribution in [1.82, 2.24) is 4.98 Å². The molecule has 2 aromatic heterocycles. The van der Waals surface area contributed by atoms with Crippen LogP contribution in [0.4, 0.5) is 26.3 Å². The van der Waals surface area contributed by atoms with E-state index in [9.17, 15) is 31.1 Å². The minimum atomic E-state index is -4.90. The number of carbonyl (C=O) groups excluding carboxylic acids is 1. The Bertz CT molecular complexity index is 2390. The minimum absolute atomic E-state index is 0. The molecule has 0 aliphatic heterocycles. The Hall–Kier alpha value is -4.12. The Morgan fingerprint density at radius 2 is 1.54 bits per heavy atom. The molecule has 54 heavy (non-hydrogen) atoms. The Kier molecular flexibility index (Phi) is 12.6. The van der Waals surface area contributed by atoms with Crippen LogP contribution in [-0.4, -0.2) is 22.1 Å². The molecule has 0 fully saturated rings. The van der Waals surface area contributed by atoms with E-state index in [2.05, 4.69) is 63.0 Å². The third kappa shape index (κ3) is 8.88. The van der Waals surface area contributed by atoms with Gasteiger partial charge in [-0.15, -0.1) is 58.2 Å². The SMILES string of the molecule is CC(C)C/C(O)=C/C(=O)C(F)(F)F.Cc1cc2ccccc2c(C)c1-c1sc2c(-c3[c-]c4ccccc4c(C(C)(C)C)c3)nc[n+](C(F)(F)F)c2c1C.[Ir]. The van der Waals surface area contributed by atoms with Crippen molar-refractivity contribution in [2.75, 3.05) is 0 Å². The summed E-state index contributed by atoms with van der Waals surface area (Å²) in [5.74, 6) is -2.54. The van der Waals surface area contributed by atoms with Gasteiger partial charge < -0.3 is 5.11 Å². The van der Waals surface area contributed by atoms with Crippen molar-refractivity contribution in [2.45, 2.75) is 79.7 Å². The summed E-state index contributed by atoms with van der Waals surface area (Å²) in [4.78, 5) is 15.6. The molecule has 0 bridgehead atoms. The minimum Gasteiger partial charge on any atom is -0.512 e. The summed E-state index contributed by atoms with van der Waals surface area (Å²) >= 11 is 1.38. The molecule has 1 N–H and O–H groups in total. The molecule has 0 spiro atoms. The molecule has 6 rings (SSSR count). The number of aliphatic hydroxyl groups is 1. The number of nitrogens with zero attached hydrogens (tertiary/aromatic N) is 2. The summed E-state index contributed by atoms with van der Waals surface area (Å²) in [5.41, 5.74) is 5.95. The molecule has 4 nitrogen and oxygen atoms in total. The first-order chi connectivity index (χ1) is 24.6. The average molecular weight is 943 g/mol. The summed E-state index contributed by atoms with van der Waals surface area (Å²) in [6, 6.07) is 23.8. The Balaban J connectivity index is 0.000000400. The van der Waals surface area contributed by atoms with Gasteiger partial charge in [-0.1, -0.05) is 99.1 Å². The van der Waals surface area contributed by atoms with Crippen LogP contribution in [0, 0.1) is 32.8 Å². The number of allylic oxidation sites excluding steroid dienone is 2. The molecule has 0 atom stereocenters. The molecule has 2 heterocycles. The standard InChI is InChI=1S/C34H29F3N2S.C8H11F3O2.Ir/c1-19-15-22-11-7-9-13-25(22)20(2)28(19)31-21(3)30-32(40-31)29(38-18-39(30)34(35,36)37)24-16-23-12-8-10-14-26(23)27(17-24)33(4,5)6;1-5(2)3-6(12)4-7(13)8(9,10)11;/h7-15,17-18H,1-6H3;4-5,12H,3H2,1-2H3;/b;6-4-;. The van der Waals surface area contributed by atoms with Gasteiger partial charge in [0.05, 0.1) is 10.5 Å². The zero-order valence-electron chi connectivity index (χ0n) is 31.0. The van der Waals surface area contributed by atoms with Crippen molar-refractivity contribution in [3.05, 3.63) is 107 Å². The van der Waals surface area contributed by atoms with Crippen molar-refractivity contribution < 1.29 is 60.9 Å². The fraction of sp³-hybridized carbons (Fsp3) is 0.310. The van der Waals surface area contributed by atoms with Crippen molar-refractivity contribution in [1.29, 1.82) is 0 Å². The van der Waals surface area contributed by atoms with Crippen molar-refractivity contribution in [2.24, 2.45) is 5.92 Å². The summed E-state index contributed by atoms with van der Waals surface area (Å²) in [7, 11) is 0. The number of aromatic nitrogens is 2. The second-order valence-electron chi connectivity index (χ2n) is 14.6. The number of aryl methyl sites for hydroxylation is 3. The van der Waals surface area contributed by atoms with Gasteiger partial charge in [-0.05, 0) is 59.6 Å². The molecule has 0 saturated heterocycles. The monoisotopic (exact) mass is 943 g/mol. The van der Waals surface area contributed by atoms with Crippen LogP contribution in [0.3, 0.4) is 0 Å². The third-order valence-electron chi connectivity index (χ3n) is 8.91. The number of halogens is 6. The number of thiophene rings is 1. The molecular weight excluding hydrogens is 903 g/mol. The van der Waals surface area contributed by atoms with Gasteiger partial charge >= 0.3 is 12.5 Å². The van der Waals surface area contributed by atoms with Gasteiger partial charge in [0.15, 0.2) is 5.52 Å². The van der Waals surface area contributed by atoms with Gasteiger partial charge in [-0.2, -0.15) is 13.2 Å². The molecule has 0 aliphatic rings. The van der Waals surface area contributed by atoms with Crippen LogP contribution in [0.2, 0.25) is 0 Å². The molecular formula is C42H40F6IrN2O2S. The van der Waals surface area contributed by atoms with E-state index in [4.69, 9.17) is 5.11 Å². The maximum atomic E-state index is 14.4. The topological polar surface area (TPSA) is 54.1 Å². The maximum Gasteiger partial charge on any atom is 0.567 e. The number of rotatable bonds is 5. The fourth-order valence-corrected chi connectivity index (χ4v) is 8.03. The molecule has 0 aliphatic carbocycles. The maximum absolute atomic E-state index is 14.4. The number of ketones is 1. The van der Waals surface area contributed by atoms with Crippen LogP contribution in [0.1, 0.15) is 63.3 Å². The van der Waals surface area contributed by atoms with Crippen LogP contribution in [0.15, 0.2) is 78.8 Å². The molecule has 12 heteroatoms. The van der Waals surface area contributed by atoms with E-state index < -0.39 is 24.0 Å². The van der Waals surface area contributed by atoms with Crippen LogP contribution >= 0.6 is 11.3 Å². The second-order valence-corrected chi connectivity index (χ2v) is 15.6. The summed E-state index contributed by atoms with van der Waals surface area (Å²) in [6.07, 6.45) is -8.29. The van der Waals surface area contributed by atoms with E-state index in [0.29, 0.717) is 26.1 Å². The molecule has 6 aromatic rings. The largest absolute Gasteiger partial charge is 0.567 e. The number of hydrogen-bond donors (Lipinski definition) is 1. The normalized spacial score (nSPS) is 12.6. The van der Waals surface area contributed by atoms with Gasteiger partial charge in [0, 0.05) is 43.0 Å². The Labute approximate surface area is 327 Å². The Morgan fingerprint density at radius 1 is 0.926 bits per heavy atom. The van der Waals surface area contributed by atoms with E-state index in [0.717, 1.165) is 55.0 Å². The average Bonchev–Trinajstić information content (AvgIpc) is 3.38. The predicted octanol–water partition coefficient (Wildman–Crippen LogP) is 12.3. The van der Waals surface area contributed by atoms with Gasteiger partial charge in [0.2, 0.25) is 0 Å². The molecule has 287 valence electrons. The van der Waals surface area contributed by atoms with Gasteiger partial charge in [-0.25, -0.2) is 0 Å². The molecule has 4 aromatic carbocycles. The number of alkyl halides is 6. The van der Waals surface area contributed by atoms with Crippen LogP contribution in [-0.2, 0) is 36.6 Å². The first kappa shape index (κ1) is 42.6. The number of fused-ring (bicyclic) bond motifs is 3. The van der Waals surface area contributed by atoms with E-state index in [1.807, 2.05) is 43.3 Å². The smallest absolute Gasteiger partial charge is 0.512 e. The van der Waals surface area contributed by atoms with E-state index in [1.165, 1.54) is 11.3 Å². The van der Waals surface area contributed by atoms with Gasteiger partial charge in [-0.3, -0.25) is 4.79 Å². The van der Waals surface area contributed by atoms with Crippen LogP contribution in [0.25, 0.3) is 53.5 Å². The van der Waals surface area contributed by atoms with Gasteiger partial charge in [0.1, 0.15) is 5.69 Å². The molecule has 0 amide bonds. The number of hydrogen-bond acceptors (Lipinski definition) is 4. The summed E-state index contributed by atoms with van der Waals surface area (Å²) < 4.78 is 78.9. The third-order valence-corrected chi connectivity index (χ3v) is 10.2. The van der Waals surface area contributed by atoms with Crippen LogP contribution in [0.5, 0.6) is 0 Å². The zero-order valence-corrected chi connectivity index (χ0v) is 34.2. The van der Waals surface area contributed by atoms with E-state index >= 15 is 0 Å². The predicted molar refractivity (Wildman–Crippen MR) is 200 cm³/mol. The van der Waals surface area contributed by atoms with Crippen molar-refractivity contribution in [3.63, 3.8) is 0 Å². The van der Waals surface area contributed by atoms with Gasteiger partial charge in [0.25, 0.3) is 12.1 Å². The first-order valence-electron chi connectivity index (χ1n) is 17.0.